The molecule has 2 heterocycles. The Morgan fingerprint density at radius 1 is 1.19 bits per heavy atom. The molecule has 1 aliphatic rings. The van der Waals surface area contributed by atoms with E-state index in [1.807, 2.05) is 0 Å². The van der Waals surface area contributed by atoms with Gasteiger partial charge in [-0.2, -0.15) is 5.10 Å². The van der Waals surface area contributed by atoms with Gasteiger partial charge >= 0.3 is 0 Å². The molecule has 1 aromatic heterocycles. The van der Waals surface area contributed by atoms with E-state index in [0.717, 1.165) is 11.8 Å². The van der Waals surface area contributed by atoms with E-state index in [4.69, 9.17) is 16.0 Å². The smallest absolute Gasteiger partial charge is 0.247 e. The van der Waals surface area contributed by atoms with Crippen LogP contribution in [0.3, 0.4) is 0 Å². The van der Waals surface area contributed by atoms with Crippen LogP contribution in [0.25, 0.3) is 0 Å². The predicted molar refractivity (Wildman–Crippen MR) is 125 cm³/mol. The van der Waals surface area contributed by atoms with Crippen molar-refractivity contribution >= 4 is 57.9 Å². The molecular weight excluding hydrogens is 452 g/mol. The van der Waals surface area contributed by atoms with E-state index in [9.17, 15) is 14.7 Å². The summed E-state index contributed by atoms with van der Waals surface area (Å²) in [7, 11) is 0. The zero-order chi connectivity index (χ0) is 22.5. The quantitative estimate of drug-likeness (QED) is 0.409. The largest absolute Gasteiger partial charge is 0.508 e. The fraction of sp³-hybridized carbons (Fsp3) is 0.0909. The summed E-state index contributed by atoms with van der Waals surface area (Å²) in [6.45, 7) is 0. The van der Waals surface area contributed by atoms with Gasteiger partial charge in [-0.05, 0) is 60.7 Å². The first-order valence-electron chi connectivity index (χ1n) is 9.49. The Balaban J connectivity index is 1.53. The van der Waals surface area contributed by atoms with Gasteiger partial charge in [-0.15, -0.1) is 5.10 Å². The number of phenolic OH excluding ortho intramolecular Hbond substituents is 1. The second-order valence-corrected chi connectivity index (χ2v) is 8.30. The van der Waals surface area contributed by atoms with Crippen molar-refractivity contribution in [1.29, 1.82) is 0 Å². The van der Waals surface area contributed by atoms with E-state index in [1.54, 1.807) is 48.5 Å². The first-order chi connectivity index (χ1) is 15.5. The van der Waals surface area contributed by atoms with E-state index in [2.05, 4.69) is 15.5 Å². The van der Waals surface area contributed by atoms with Crippen molar-refractivity contribution in [3.05, 3.63) is 77.7 Å². The lowest BCUT2D eigenvalue weighted by Gasteiger charge is -2.15. The molecule has 4 rings (SSSR count). The number of amidine groups is 1. The van der Waals surface area contributed by atoms with E-state index in [-0.39, 0.29) is 24.0 Å². The van der Waals surface area contributed by atoms with Crippen LogP contribution in [-0.2, 0) is 9.59 Å². The molecule has 0 saturated carbocycles. The summed E-state index contributed by atoms with van der Waals surface area (Å²) in [6.07, 6.45) is 2.88. The van der Waals surface area contributed by atoms with Crippen LogP contribution >= 0.6 is 23.4 Å². The zero-order valence-corrected chi connectivity index (χ0v) is 18.1. The van der Waals surface area contributed by atoms with Crippen LogP contribution in [0.4, 0.5) is 11.4 Å². The number of carbonyl (C=O) groups excluding carboxylic acids is 2. The number of nitrogens with zero attached hydrogens (tertiary/aromatic N) is 3. The monoisotopic (exact) mass is 468 g/mol. The highest BCUT2D eigenvalue weighted by Gasteiger charge is 2.40. The lowest BCUT2D eigenvalue weighted by Crippen LogP contribution is -2.33. The Morgan fingerprint density at radius 2 is 1.94 bits per heavy atom. The van der Waals surface area contributed by atoms with E-state index in [1.165, 1.54) is 29.5 Å². The molecule has 0 bridgehead atoms. The van der Waals surface area contributed by atoms with Crippen LogP contribution in [0, 0.1) is 0 Å². The van der Waals surface area contributed by atoms with Gasteiger partial charge in [0.15, 0.2) is 5.17 Å². The van der Waals surface area contributed by atoms with Crippen molar-refractivity contribution in [2.75, 3.05) is 10.2 Å². The molecular formula is C22H17ClN4O4S. The molecule has 0 radical (unpaired) electrons. The molecule has 0 aliphatic carbocycles. The SMILES string of the molecule is O=C(CC1S/C(=N/N=C/c2ccco2)N(c2ccc(O)cc2)C1=O)Nc1ccc(Cl)cc1. The van der Waals surface area contributed by atoms with Gasteiger partial charge in [0.2, 0.25) is 11.8 Å². The van der Waals surface area contributed by atoms with Gasteiger partial charge in [0.25, 0.3) is 0 Å². The van der Waals surface area contributed by atoms with E-state index >= 15 is 0 Å². The predicted octanol–water partition coefficient (Wildman–Crippen LogP) is 4.51. The number of aromatic hydroxyl groups is 1. The lowest BCUT2D eigenvalue weighted by molar-refractivity contribution is -0.121. The first-order valence-corrected chi connectivity index (χ1v) is 10.7. The Labute approximate surface area is 192 Å². The third-order valence-electron chi connectivity index (χ3n) is 4.41. The summed E-state index contributed by atoms with van der Waals surface area (Å²) in [5.74, 6) is -0.0388. The van der Waals surface area contributed by atoms with Crippen LogP contribution in [0.1, 0.15) is 12.2 Å². The molecule has 3 aromatic rings. The minimum absolute atomic E-state index is 0.0539. The van der Waals surface area contributed by atoms with Gasteiger partial charge in [0, 0.05) is 17.1 Å². The van der Waals surface area contributed by atoms with Crippen molar-refractivity contribution in [1.82, 2.24) is 0 Å². The van der Waals surface area contributed by atoms with Gasteiger partial charge in [-0.3, -0.25) is 14.5 Å². The minimum atomic E-state index is -0.686. The number of furan rings is 1. The third-order valence-corrected chi connectivity index (χ3v) is 5.79. The highest BCUT2D eigenvalue weighted by molar-refractivity contribution is 8.16. The van der Waals surface area contributed by atoms with E-state index < -0.39 is 5.25 Å². The Morgan fingerprint density at radius 3 is 2.62 bits per heavy atom. The molecule has 2 N–H and O–H groups in total. The number of rotatable bonds is 6. The summed E-state index contributed by atoms with van der Waals surface area (Å²) in [5.41, 5.74) is 1.09. The summed E-state index contributed by atoms with van der Waals surface area (Å²) < 4.78 is 5.19. The van der Waals surface area contributed by atoms with Crippen LogP contribution < -0.4 is 10.2 Å². The molecule has 1 saturated heterocycles. The van der Waals surface area contributed by atoms with Crippen LogP contribution in [0.5, 0.6) is 5.75 Å². The molecule has 162 valence electrons. The average Bonchev–Trinajstić information content (AvgIpc) is 3.39. The van der Waals surface area contributed by atoms with Crippen LogP contribution in [0.2, 0.25) is 5.02 Å². The standard InChI is InChI=1S/C22H17ClN4O4S/c23-14-3-5-15(6-4-14)25-20(29)12-19-21(30)27(16-7-9-17(28)10-8-16)22(32-19)26-24-13-18-2-1-11-31-18/h1-11,13,19,28H,12H2,(H,25,29)/b24-13+,26-22+. The van der Waals surface area contributed by atoms with Crippen molar-refractivity contribution in [2.45, 2.75) is 11.7 Å². The first kappa shape index (κ1) is 21.7. The van der Waals surface area contributed by atoms with Crippen molar-refractivity contribution in [3.63, 3.8) is 0 Å². The Hall–Kier alpha value is -3.56. The van der Waals surface area contributed by atoms with Crippen LogP contribution in [-0.4, -0.2) is 33.6 Å². The van der Waals surface area contributed by atoms with Crippen molar-refractivity contribution in [3.8, 4) is 5.75 Å². The molecule has 1 aliphatic heterocycles. The van der Waals surface area contributed by atoms with Gasteiger partial charge in [0.1, 0.15) is 16.8 Å². The topological polar surface area (TPSA) is 108 Å². The lowest BCUT2D eigenvalue weighted by atomic mass is 10.2. The number of amides is 2. The number of hydrogen-bond acceptors (Lipinski definition) is 7. The number of nitrogens with one attached hydrogen (secondary N) is 1. The molecule has 8 nitrogen and oxygen atoms in total. The van der Waals surface area contributed by atoms with Crippen molar-refractivity contribution in [2.24, 2.45) is 10.2 Å². The zero-order valence-electron chi connectivity index (χ0n) is 16.5. The molecule has 32 heavy (non-hydrogen) atoms. The summed E-state index contributed by atoms with van der Waals surface area (Å²) in [6, 6.07) is 16.3. The summed E-state index contributed by atoms with van der Waals surface area (Å²) >= 11 is 7.01. The third kappa shape index (κ3) is 5.19. The molecule has 1 fully saturated rings. The second kappa shape index (κ2) is 9.71. The molecule has 2 aromatic carbocycles. The summed E-state index contributed by atoms with van der Waals surface area (Å²) in [5, 5.41) is 20.7. The average molecular weight is 469 g/mol. The van der Waals surface area contributed by atoms with Crippen LogP contribution in [0.15, 0.2) is 81.5 Å². The maximum Gasteiger partial charge on any atom is 0.247 e. The summed E-state index contributed by atoms with van der Waals surface area (Å²) in [4.78, 5) is 27.0. The fourth-order valence-corrected chi connectivity index (χ4v) is 4.14. The number of thioether (sulfide) groups is 1. The molecule has 10 heteroatoms. The fourth-order valence-electron chi connectivity index (χ4n) is 2.92. The maximum atomic E-state index is 13.1. The number of phenols is 1. The second-order valence-electron chi connectivity index (χ2n) is 6.70. The number of halogens is 1. The maximum absolute atomic E-state index is 13.1. The molecule has 2 amide bonds. The Bertz CT molecular complexity index is 1160. The van der Waals surface area contributed by atoms with Gasteiger partial charge in [0.05, 0.1) is 18.2 Å². The number of benzene rings is 2. The molecule has 1 unspecified atom stereocenters. The Kier molecular flexibility index (Phi) is 6.58. The molecule has 1 atom stereocenters. The normalized spacial score (nSPS) is 17.4. The minimum Gasteiger partial charge on any atom is -0.508 e. The van der Waals surface area contributed by atoms with Crippen molar-refractivity contribution < 1.29 is 19.1 Å². The highest BCUT2D eigenvalue weighted by Crippen LogP contribution is 2.34. The number of hydrogen-bond donors (Lipinski definition) is 2. The number of carbonyl (C=O) groups is 2. The number of anilines is 2. The van der Waals surface area contributed by atoms with Gasteiger partial charge in [-0.1, -0.05) is 23.4 Å². The van der Waals surface area contributed by atoms with E-state index in [0.29, 0.717) is 27.3 Å². The molecule has 0 spiro atoms. The highest BCUT2D eigenvalue weighted by atomic mass is 35.5. The van der Waals surface area contributed by atoms with Gasteiger partial charge in [-0.25, -0.2) is 0 Å². The van der Waals surface area contributed by atoms with Gasteiger partial charge < -0.3 is 14.8 Å².